The summed E-state index contributed by atoms with van der Waals surface area (Å²) in [6.45, 7) is 5.95. The van der Waals surface area contributed by atoms with E-state index in [1.54, 1.807) is 0 Å². The highest BCUT2D eigenvalue weighted by atomic mass is 16.5. The Balaban J connectivity index is 1.92. The minimum absolute atomic E-state index is 0.368. The van der Waals surface area contributed by atoms with Crippen LogP contribution in [0.15, 0.2) is 18.3 Å². The number of hydrogen-bond acceptors (Lipinski definition) is 4. The second-order valence-corrected chi connectivity index (χ2v) is 5.14. The summed E-state index contributed by atoms with van der Waals surface area (Å²) in [5.74, 6) is 1.07. The highest BCUT2D eigenvalue weighted by Gasteiger charge is 2.21. The van der Waals surface area contributed by atoms with Gasteiger partial charge in [-0.1, -0.05) is 13.0 Å². The molecule has 1 atom stereocenters. The third-order valence-corrected chi connectivity index (χ3v) is 3.45. The second-order valence-electron chi connectivity index (χ2n) is 5.14. The monoisotopic (exact) mass is 263 g/mol. The molecule has 106 valence electrons. The molecule has 0 spiro atoms. The van der Waals surface area contributed by atoms with Crippen LogP contribution in [0.4, 0.5) is 5.82 Å². The largest absolute Gasteiger partial charge is 0.376 e. The van der Waals surface area contributed by atoms with Gasteiger partial charge in [-0.3, -0.25) is 0 Å². The van der Waals surface area contributed by atoms with Crippen LogP contribution in [0.2, 0.25) is 0 Å². The minimum atomic E-state index is 0.368. The lowest BCUT2D eigenvalue weighted by molar-refractivity contribution is 0.0439. The van der Waals surface area contributed by atoms with Gasteiger partial charge in [0, 0.05) is 32.4 Å². The van der Waals surface area contributed by atoms with Crippen molar-refractivity contribution in [1.29, 1.82) is 0 Å². The van der Waals surface area contributed by atoms with Gasteiger partial charge >= 0.3 is 0 Å². The molecule has 1 aromatic heterocycles. The van der Waals surface area contributed by atoms with Crippen molar-refractivity contribution in [3.05, 3.63) is 23.9 Å². The molecular weight excluding hydrogens is 238 g/mol. The Hall–Kier alpha value is -1.13. The van der Waals surface area contributed by atoms with Gasteiger partial charge in [-0.2, -0.15) is 0 Å². The van der Waals surface area contributed by atoms with Gasteiger partial charge in [-0.15, -0.1) is 0 Å². The van der Waals surface area contributed by atoms with Crippen LogP contribution < -0.4 is 10.2 Å². The average molecular weight is 263 g/mol. The highest BCUT2D eigenvalue weighted by molar-refractivity contribution is 5.40. The fourth-order valence-corrected chi connectivity index (χ4v) is 2.48. The van der Waals surface area contributed by atoms with Crippen molar-refractivity contribution in [2.75, 3.05) is 31.6 Å². The van der Waals surface area contributed by atoms with Crippen LogP contribution in [0.3, 0.4) is 0 Å². The van der Waals surface area contributed by atoms with Gasteiger partial charge in [0.2, 0.25) is 0 Å². The molecule has 1 saturated heterocycles. The van der Waals surface area contributed by atoms with Crippen LogP contribution in [-0.2, 0) is 11.3 Å². The molecule has 2 rings (SSSR count). The van der Waals surface area contributed by atoms with E-state index in [-0.39, 0.29) is 0 Å². The predicted octanol–water partition coefficient (Wildman–Crippen LogP) is 2.20. The molecule has 4 heteroatoms. The van der Waals surface area contributed by atoms with Gasteiger partial charge < -0.3 is 15.0 Å². The lowest BCUT2D eigenvalue weighted by Crippen LogP contribution is -2.40. The molecule has 0 saturated carbocycles. The van der Waals surface area contributed by atoms with Gasteiger partial charge in [0.15, 0.2) is 0 Å². The molecule has 19 heavy (non-hydrogen) atoms. The average Bonchev–Trinajstić information content (AvgIpc) is 2.46. The van der Waals surface area contributed by atoms with Gasteiger partial charge in [0.1, 0.15) is 5.82 Å². The fourth-order valence-electron chi connectivity index (χ4n) is 2.48. The van der Waals surface area contributed by atoms with Crippen LogP contribution in [0.25, 0.3) is 0 Å². The maximum Gasteiger partial charge on any atom is 0.128 e. The summed E-state index contributed by atoms with van der Waals surface area (Å²) in [5, 5.41) is 3.14. The number of nitrogens with one attached hydrogen (secondary N) is 1. The first-order valence-corrected chi connectivity index (χ1v) is 7.29. The molecule has 0 radical (unpaired) electrons. The molecule has 0 aliphatic carbocycles. The highest BCUT2D eigenvalue weighted by Crippen LogP contribution is 2.19. The first kappa shape index (κ1) is 14.3. The molecule has 0 amide bonds. The number of nitrogens with zero attached hydrogens (tertiary/aromatic N) is 2. The molecule has 0 bridgehead atoms. The van der Waals surface area contributed by atoms with Gasteiger partial charge in [0.05, 0.1) is 6.10 Å². The van der Waals surface area contributed by atoms with Crippen LogP contribution in [-0.4, -0.2) is 37.8 Å². The number of hydrogen-bond donors (Lipinski definition) is 1. The number of ether oxygens (including phenoxy) is 1. The number of rotatable bonds is 6. The molecule has 1 N–H and O–H groups in total. The fraction of sp³-hybridized carbons (Fsp3) is 0.667. The minimum Gasteiger partial charge on any atom is -0.376 e. The maximum atomic E-state index is 5.87. The van der Waals surface area contributed by atoms with Crippen molar-refractivity contribution in [2.45, 2.75) is 38.8 Å². The summed E-state index contributed by atoms with van der Waals surface area (Å²) in [7, 11) is 1.95. The number of pyridine rings is 1. The molecule has 1 unspecified atom stereocenters. The van der Waals surface area contributed by atoms with E-state index in [1.807, 2.05) is 13.2 Å². The molecule has 1 aliphatic rings. The summed E-state index contributed by atoms with van der Waals surface area (Å²) >= 11 is 0. The zero-order valence-electron chi connectivity index (χ0n) is 12.1. The van der Waals surface area contributed by atoms with Crippen LogP contribution in [0.5, 0.6) is 0 Å². The topological polar surface area (TPSA) is 37.4 Å². The summed E-state index contributed by atoms with van der Waals surface area (Å²) in [4.78, 5) is 6.91. The van der Waals surface area contributed by atoms with E-state index >= 15 is 0 Å². The van der Waals surface area contributed by atoms with E-state index in [0.717, 1.165) is 38.5 Å². The van der Waals surface area contributed by atoms with Crippen molar-refractivity contribution in [3.63, 3.8) is 0 Å². The summed E-state index contributed by atoms with van der Waals surface area (Å²) in [5.41, 5.74) is 1.22. The van der Waals surface area contributed by atoms with Gasteiger partial charge in [-0.25, -0.2) is 4.98 Å². The summed E-state index contributed by atoms with van der Waals surface area (Å²) in [6.07, 6.45) is 5.78. The number of anilines is 1. The van der Waals surface area contributed by atoms with Crippen molar-refractivity contribution in [1.82, 2.24) is 10.3 Å². The quantitative estimate of drug-likeness (QED) is 0.854. The molecule has 1 fully saturated rings. The number of aromatic nitrogens is 1. The lowest BCUT2D eigenvalue weighted by atomic mass is 10.1. The SMILES string of the molecule is CCCOC1CCCN(c2ccc(CNC)cn2)C1. The first-order valence-electron chi connectivity index (χ1n) is 7.29. The Morgan fingerprint density at radius 3 is 3.05 bits per heavy atom. The van der Waals surface area contributed by atoms with E-state index in [0.29, 0.717) is 6.10 Å². The second kappa shape index (κ2) is 7.46. The zero-order chi connectivity index (χ0) is 13.5. The van der Waals surface area contributed by atoms with E-state index in [9.17, 15) is 0 Å². The normalized spacial score (nSPS) is 19.7. The standard InChI is InChI=1S/C15H25N3O/c1-3-9-19-14-5-4-8-18(12-14)15-7-6-13(10-16-2)11-17-15/h6-7,11,14,16H,3-5,8-10,12H2,1-2H3. The van der Waals surface area contributed by atoms with E-state index in [2.05, 4.69) is 34.3 Å². The Morgan fingerprint density at radius 1 is 1.47 bits per heavy atom. The molecular formula is C15H25N3O. The predicted molar refractivity (Wildman–Crippen MR) is 78.5 cm³/mol. The third kappa shape index (κ3) is 4.18. The van der Waals surface area contributed by atoms with Crippen molar-refractivity contribution in [3.8, 4) is 0 Å². The maximum absolute atomic E-state index is 5.87. The van der Waals surface area contributed by atoms with Crippen molar-refractivity contribution in [2.24, 2.45) is 0 Å². The number of piperidine rings is 1. The smallest absolute Gasteiger partial charge is 0.128 e. The van der Waals surface area contributed by atoms with E-state index in [4.69, 9.17) is 4.74 Å². The van der Waals surface area contributed by atoms with E-state index < -0.39 is 0 Å². The Morgan fingerprint density at radius 2 is 2.37 bits per heavy atom. The van der Waals surface area contributed by atoms with E-state index in [1.165, 1.54) is 18.4 Å². The van der Waals surface area contributed by atoms with Gasteiger partial charge in [0.25, 0.3) is 0 Å². The van der Waals surface area contributed by atoms with Gasteiger partial charge in [-0.05, 0) is 37.9 Å². The molecule has 1 aliphatic heterocycles. The summed E-state index contributed by atoms with van der Waals surface area (Å²) in [6, 6.07) is 4.27. The van der Waals surface area contributed by atoms with Crippen LogP contribution >= 0.6 is 0 Å². The third-order valence-electron chi connectivity index (χ3n) is 3.45. The molecule has 4 nitrogen and oxygen atoms in total. The Bertz CT molecular complexity index is 366. The molecule has 1 aromatic rings. The molecule has 2 heterocycles. The first-order chi connectivity index (χ1) is 9.33. The Labute approximate surface area is 116 Å². The Kier molecular flexibility index (Phi) is 5.61. The van der Waals surface area contributed by atoms with Crippen molar-refractivity contribution >= 4 is 5.82 Å². The van der Waals surface area contributed by atoms with Crippen LogP contribution in [0.1, 0.15) is 31.7 Å². The molecule has 0 aromatic carbocycles. The zero-order valence-corrected chi connectivity index (χ0v) is 12.1. The summed E-state index contributed by atoms with van der Waals surface area (Å²) < 4.78 is 5.87. The lowest BCUT2D eigenvalue weighted by Gasteiger charge is -2.33. The van der Waals surface area contributed by atoms with Crippen molar-refractivity contribution < 1.29 is 4.74 Å². The van der Waals surface area contributed by atoms with Crippen LogP contribution in [0, 0.1) is 0 Å².